The molecule has 2 aromatic carbocycles. The van der Waals surface area contributed by atoms with Crippen molar-refractivity contribution >= 4 is 0 Å². The molecule has 2 aromatic rings. The summed E-state index contributed by atoms with van der Waals surface area (Å²) in [5.41, 5.74) is 2.36. The maximum Gasteiger partial charge on any atom is 0.110 e. The van der Waals surface area contributed by atoms with Crippen molar-refractivity contribution in [2.45, 2.75) is 52.3 Å². The second-order valence-electron chi connectivity index (χ2n) is 7.40. The van der Waals surface area contributed by atoms with Crippen molar-refractivity contribution in [3.05, 3.63) is 71.8 Å². The maximum absolute atomic E-state index is 6.40. The lowest BCUT2D eigenvalue weighted by molar-refractivity contribution is -0.139. The van der Waals surface area contributed by atoms with Crippen LogP contribution in [0.4, 0.5) is 0 Å². The second-order valence-corrected chi connectivity index (χ2v) is 7.40. The van der Waals surface area contributed by atoms with Crippen LogP contribution in [0.25, 0.3) is 0 Å². The van der Waals surface area contributed by atoms with Gasteiger partial charge in [-0.3, -0.25) is 0 Å². The summed E-state index contributed by atoms with van der Waals surface area (Å²) in [5, 5.41) is 0. The molecule has 0 aromatic heterocycles. The van der Waals surface area contributed by atoms with E-state index in [2.05, 4.69) is 45.0 Å². The smallest absolute Gasteiger partial charge is 0.110 e. The molecule has 0 N–H and O–H groups in total. The topological polar surface area (TPSA) is 27.7 Å². The fourth-order valence-corrected chi connectivity index (χ4v) is 3.45. The van der Waals surface area contributed by atoms with Gasteiger partial charge in [0.25, 0.3) is 0 Å². The van der Waals surface area contributed by atoms with Crippen LogP contribution in [0.2, 0.25) is 0 Å². The Morgan fingerprint density at radius 1 is 0.769 bits per heavy atom. The highest BCUT2D eigenvalue weighted by Gasteiger charge is 2.39. The summed E-state index contributed by atoms with van der Waals surface area (Å²) in [7, 11) is 0. The fraction of sp³-hybridized carbons (Fsp3) is 0.478. The predicted molar refractivity (Wildman–Crippen MR) is 104 cm³/mol. The van der Waals surface area contributed by atoms with Gasteiger partial charge in [-0.25, -0.2) is 0 Å². The van der Waals surface area contributed by atoms with Crippen molar-refractivity contribution in [3.8, 4) is 0 Å². The number of hydrogen-bond acceptors (Lipinski definition) is 3. The second kappa shape index (κ2) is 9.31. The van der Waals surface area contributed by atoms with Gasteiger partial charge >= 0.3 is 0 Å². The Balaban J connectivity index is 1.72. The SMILES string of the molecule is C[C@H]1[C@H](OCc2ccccc2)[C@H](OCc2ccccc2)[C@@H](C)OC[C@H]1C. The van der Waals surface area contributed by atoms with Crippen molar-refractivity contribution in [2.75, 3.05) is 6.61 Å². The first-order valence-corrected chi connectivity index (χ1v) is 9.58. The van der Waals surface area contributed by atoms with Crippen LogP contribution in [0.15, 0.2) is 60.7 Å². The van der Waals surface area contributed by atoms with Gasteiger partial charge in [0.05, 0.1) is 25.4 Å². The standard InChI is InChI=1S/C23H30O3/c1-17-14-24-19(3)23(26-16-21-12-8-5-9-13-21)22(18(17)2)25-15-20-10-6-4-7-11-20/h4-13,17-19,22-23H,14-16H2,1-3H3/t17-,18-,19-,22+,23-/m1/s1. The van der Waals surface area contributed by atoms with Gasteiger partial charge in [-0.1, -0.05) is 74.5 Å². The molecular weight excluding hydrogens is 324 g/mol. The Morgan fingerprint density at radius 3 is 1.81 bits per heavy atom. The summed E-state index contributed by atoms with van der Waals surface area (Å²) in [6.07, 6.45) is -0.0721. The highest BCUT2D eigenvalue weighted by molar-refractivity contribution is 5.14. The van der Waals surface area contributed by atoms with E-state index in [4.69, 9.17) is 14.2 Å². The van der Waals surface area contributed by atoms with Crippen LogP contribution in [-0.4, -0.2) is 24.9 Å². The number of rotatable bonds is 6. The normalized spacial score (nSPS) is 29.3. The van der Waals surface area contributed by atoms with Crippen molar-refractivity contribution in [1.82, 2.24) is 0 Å². The summed E-state index contributed by atoms with van der Waals surface area (Å²) in [6.45, 7) is 8.50. The van der Waals surface area contributed by atoms with E-state index in [9.17, 15) is 0 Å². The van der Waals surface area contributed by atoms with E-state index in [1.54, 1.807) is 0 Å². The molecule has 3 nitrogen and oxygen atoms in total. The number of ether oxygens (including phenoxy) is 3. The zero-order chi connectivity index (χ0) is 18.4. The van der Waals surface area contributed by atoms with E-state index in [1.165, 1.54) is 11.1 Å². The molecule has 0 unspecified atom stereocenters. The average molecular weight is 354 g/mol. The molecule has 26 heavy (non-hydrogen) atoms. The molecule has 3 rings (SSSR count). The van der Waals surface area contributed by atoms with Crippen molar-refractivity contribution in [3.63, 3.8) is 0 Å². The third-order valence-corrected chi connectivity index (χ3v) is 5.39. The molecule has 1 saturated heterocycles. The van der Waals surface area contributed by atoms with E-state index in [-0.39, 0.29) is 18.3 Å². The molecule has 1 aliphatic rings. The highest BCUT2D eigenvalue weighted by atomic mass is 16.6. The van der Waals surface area contributed by atoms with Gasteiger partial charge in [0.1, 0.15) is 6.10 Å². The lowest BCUT2D eigenvalue weighted by atomic mass is 9.88. The van der Waals surface area contributed by atoms with Gasteiger partial charge in [0.15, 0.2) is 0 Å². The highest BCUT2D eigenvalue weighted by Crippen LogP contribution is 2.30. The largest absolute Gasteiger partial charge is 0.375 e. The first-order valence-electron chi connectivity index (χ1n) is 9.58. The lowest BCUT2D eigenvalue weighted by Crippen LogP contribution is -2.43. The van der Waals surface area contributed by atoms with Crippen LogP contribution in [0.5, 0.6) is 0 Å². The number of benzene rings is 2. The lowest BCUT2D eigenvalue weighted by Gasteiger charge is -2.33. The Kier molecular flexibility index (Phi) is 6.84. The zero-order valence-corrected chi connectivity index (χ0v) is 16.0. The van der Waals surface area contributed by atoms with Crippen LogP contribution in [-0.2, 0) is 27.4 Å². The molecule has 1 heterocycles. The summed E-state index contributed by atoms with van der Waals surface area (Å²) in [6, 6.07) is 20.6. The van der Waals surface area contributed by atoms with Gasteiger partial charge in [0.2, 0.25) is 0 Å². The van der Waals surface area contributed by atoms with Gasteiger partial charge in [0, 0.05) is 6.61 Å². The van der Waals surface area contributed by atoms with Gasteiger partial charge in [-0.05, 0) is 29.9 Å². The van der Waals surface area contributed by atoms with Crippen molar-refractivity contribution < 1.29 is 14.2 Å². The zero-order valence-electron chi connectivity index (χ0n) is 16.0. The fourth-order valence-electron chi connectivity index (χ4n) is 3.45. The van der Waals surface area contributed by atoms with E-state index in [0.29, 0.717) is 25.0 Å². The Morgan fingerprint density at radius 2 is 1.27 bits per heavy atom. The molecule has 0 bridgehead atoms. The minimum Gasteiger partial charge on any atom is -0.375 e. The first-order chi connectivity index (χ1) is 12.6. The Hall–Kier alpha value is -1.68. The van der Waals surface area contributed by atoms with E-state index >= 15 is 0 Å². The van der Waals surface area contributed by atoms with Gasteiger partial charge in [-0.15, -0.1) is 0 Å². The van der Waals surface area contributed by atoms with Crippen LogP contribution < -0.4 is 0 Å². The Bertz CT molecular complexity index is 643. The van der Waals surface area contributed by atoms with Crippen LogP contribution in [0.1, 0.15) is 31.9 Å². The third kappa shape index (κ3) is 4.94. The molecule has 3 heteroatoms. The molecule has 0 saturated carbocycles. The first kappa shape index (κ1) is 19.1. The van der Waals surface area contributed by atoms with E-state index in [1.807, 2.05) is 36.4 Å². The molecule has 0 spiro atoms. The molecule has 140 valence electrons. The summed E-state index contributed by atoms with van der Waals surface area (Å²) in [5.74, 6) is 0.799. The molecule has 0 aliphatic carbocycles. The molecule has 1 aliphatic heterocycles. The molecular formula is C23H30O3. The van der Waals surface area contributed by atoms with E-state index in [0.717, 1.165) is 6.61 Å². The molecule has 5 atom stereocenters. The van der Waals surface area contributed by atoms with Gasteiger partial charge < -0.3 is 14.2 Å². The predicted octanol–water partition coefficient (Wildman–Crippen LogP) is 4.85. The summed E-state index contributed by atoms with van der Waals surface area (Å²) < 4.78 is 18.8. The summed E-state index contributed by atoms with van der Waals surface area (Å²) in [4.78, 5) is 0. The van der Waals surface area contributed by atoms with Gasteiger partial charge in [-0.2, -0.15) is 0 Å². The number of hydrogen-bond donors (Lipinski definition) is 0. The molecule has 0 amide bonds. The van der Waals surface area contributed by atoms with Crippen LogP contribution in [0, 0.1) is 11.8 Å². The van der Waals surface area contributed by atoms with E-state index < -0.39 is 0 Å². The summed E-state index contributed by atoms with van der Waals surface area (Å²) >= 11 is 0. The monoisotopic (exact) mass is 354 g/mol. The molecule has 1 fully saturated rings. The van der Waals surface area contributed by atoms with Crippen molar-refractivity contribution in [1.29, 1.82) is 0 Å². The third-order valence-electron chi connectivity index (χ3n) is 5.39. The minimum atomic E-state index is -0.0844. The quantitative estimate of drug-likeness (QED) is 0.742. The average Bonchev–Trinajstić information content (AvgIpc) is 2.78. The van der Waals surface area contributed by atoms with Crippen LogP contribution in [0.3, 0.4) is 0 Å². The van der Waals surface area contributed by atoms with Crippen LogP contribution >= 0.6 is 0 Å². The minimum absolute atomic E-state index is 0.00594. The maximum atomic E-state index is 6.40. The van der Waals surface area contributed by atoms with Crippen molar-refractivity contribution in [2.24, 2.45) is 11.8 Å². The molecule has 0 radical (unpaired) electrons. The Labute approximate surface area is 157 Å².